The zero-order valence-corrected chi connectivity index (χ0v) is 14.3. The molecule has 0 saturated carbocycles. The molecule has 0 spiro atoms. The molecule has 0 unspecified atom stereocenters. The van der Waals surface area contributed by atoms with Crippen LogP contribution >= 0.6 is 0 Å². The molecule has 3 nitrogen and oxygen atoms in total. The predicted molar refractivity (Wildman–Crippen MR) is 96.8 cm³/mol. The van der Waals surface area contributed by atoms with Crippen LogP contribution in [0.4, 0.5) is 10.1 Å². The van der Waals surface area contributed by atoms with Crippen LogP contribution in [0.25, 0.3) is 0 Å². The summed E-state index contributed by atoms with van der Waals surface area (Å²) in [5.41, 5.74) is 3.35. The Labute approximate surface area is 143 Å². The van der Waals surface area contributed by atoms with Gasteiger partial charge in [-0.2, -0.15) is 0 Å². The molecule has 2 rings (SSSR count). The van der Waals surface area contributed by atoms with Crippen molar-refractivity contribution < 1.29 is 9.18 Å². The average molecular weight is 328 g/mol. The molecule has 0 aliphatic rings. The van der Waals surface area contributed by atoms with Crippen LogP contribution in [-0.4, -0.2) is 19.0 Å². The lowest BCUT2D eigenvalue weighted by molar-refractivity contribution is -0.120. The Morgan fingerprint density at radius 2 is 1.67 bits per heavy atom. The van der Waals surface area contributed by atoms with Gasteiger partial charge in [0.15, 0.2) is 0 Å². The van der Waals surface area contributed by atoms with Gasteiger partial charge in [0.25, 0.3) is 0 Å². The Morgan fingerprint density at radius 3 is 2.29 bits per heavy atom. The van der Waals surface area contributed by atoms with Crippen molar-refractivity contribution in [3.05, 3.63) is 65.5 Å². The van der Waals surface area contributed by atoms with Gasteiger partial charge in [-0.15, -0.1) is 0 Å². The van der Waals surface area contributed by atoms with Crippen molar-refractivity contribution in [2.75, 3.05) is 18.4 Å². The van der Waals surface area contributed by atoms with E-state index in [1.165, 1.54) is 17.7 Å². The molecule has 128 valence electrons. The fourth-order valence-electron chi connectivity index (χ4n) is 2.39. The van der Waals surface area contributed by atoms with Crippen molar-refractivity contribution in [2.45, 2.75) is 32.6 Å². The molecule has 0 saturated heterocycles. The van der Waals surface area contributed by atoms with Crippen LogP contribution in [0.15, 0.2) is 48.5 Å². The number of rotatable bonds is 8. The quantitative estimate of drug-likeness (QED) is 0.765. The molecule has 0 aliphatic carbocycles. The Bertz CT molecular complexity index is 636. The number of hydrogen-bond acceptors (Lipinski definition) is 2. The number of nitrogens with one attached hydrogen (secondary N) is 2. The zero-order chi connectivity index (χ0) is 17.4. The fourth-order valence-corrected chi connectivity index (χ4v) is 2.39. The normalized spacial score (nSPS) is 10.7. The van der Waals surface area contributed by atoms with Crippen LogP contribution in [0.5, 0.6) is 0 Å². The van der Waals surface area contributed by atoms with Crippen LogP contribution in [0, 0.1) is 5.82 Å². The van der Waals surface area contributed by atoms with E-state index in [0.717, 1.165) is 11.3 Å². The number of amides is 1. The van der Waals surface area contributed by atoms with Gasteiger partial charge in [-0.05, 0) is 47.7 Å². The van der Waals surface area contributed by atoms with E-state index in [4.69, 9.17) is 0 Å². The van der Waals surface area contributed by atoms with E-state index in [2.05, 4.69) is 36.6 Å². The highest BCUT2D eigenvalue weighted by Gasteiger charge is 2.02. The highest BCUT2D eigenvalue weighted by atomic mass is 19.1. The molecule has 4 heteroatoms. The minimum atomic E-state index is -0.240. The molecule has 2 aromatic carbocycles. The van der Waals surface area contributed by atoms with Crippen molar-refractivity contribution in [2.24, 2.45) is 0 Å². The van der Waals surface area contributed by atoms with Crippen molar-refractivity contribution >= 4 is 11.6 Å². The number of halogens is 1. The molecule has 0 aliphatic heterocycles. The number of carbonyl (C=O) groups excluding carboxylic acids is 1. The smallest absolute Gasteiger partial charge is 0.221 e. The highest BCUT2D eigenvalue weighted by Crippen LogP contribution is 2.16. The molecule has 0 bridgehead atoms. The largest absolute Gasteiger partial charge is 0.385 e. The molecular weight excluding hydrogens is 303 g/mol. The summed E-state index contributed by atoms with van der Waals surface area (Å²) in [5.74, 6) is 0.296. The SMILES string of the molecule is CC(C)c1ccc(NCCC(=O)NCCc2ccc(F)cc2)cc1. The van der Waals surface area contributed by atoms with E-state index in [9.17, 15) is 9.18 Å². The Balaban J connectivity index is 1.63. The summed E-state index contributed by atoms with van der Waals surface area (Å²) in [4.78, 5) is 11.8. The lowest BCUT2D eigenvalue weighted by atomic mass is 10.0. The summed E-state index contributed by atoms with van der Waals surface area (Å²) in [6.07, 6.45) is 1.13. The highest BCUT2D eigenvalue weighted by molar-refractivity contribution is 5.76. The average Bonchev–Trinajstić information content (AvgIpc) is 2.57. The molecule has 0 aromatic heterocycles. The number of benzene rings is 2. The van der Waals surface area contributed by atoms with Gasteiger partial charge in [-0.1, -0.05) is 38.1 Å². The Hall–Kier alpha value is -2.36. The summed E-state index contributed by atoms with van der Waals surface area (Å²) in [5, 5.41) is 6.14. The summed E-state index contributed by atoms with van der Waals surface area (Å²) in [6.45, 7) is 5.49. The van der Waals surface area contributed by atoms with Crippen molar-refractivity contribution in [3.63, 3.8) is 0 Å². The lowest BCUT2D eigenvalue weighted by Gasteiger charge is -2.09. The predicted octanol–water partition coefficient (Wildman–Crippen LogP) is 4.11. The fraction of sp³-hybridized carbons (Fsp3) is 0.350. The van der Waals surface area contributed by atoms with Gasteiger partial charge in [0.05, 0.1) is 0 Å². The Morgan fingerprint density at radius 1 is 1.00 bits per heavy atom. The Kier molecular flexibility index (Phi) is 6.79. The van der Waals surface area contributed by atoms with E-state index < -0.39 is 0 Å². The van der Waals surface area contributed by atoms with E-state index in [-0.39, 0.29) is 11.7 Å². The monoisotopic (exact) mass is 328 g/mol. The maximum atomic E-state index is 12.8. The van der Waals surface area contributed by atoms with Crippen LogP contribution in [0.3, 0.4) is 0 Å². The second-order valence-corrected chi connectivity index (χ2v) is 6.18. The maximum absolute atomic E-state index is 12.8. The van der Waals surface area contributed by atoms with Crippen molar-refractivity contribution in [3.8, 4) is 0 Å². The minimum absolute atomic E-state index is 0.0170. The molecule has 1 amide bonds. The molecule has 24 heavy (non-hydrogen) atoms. The zero-order valence-electron chi connectivity index (χ0n) is 14.3. The third-order valence-electron chi connectivity index (χ3n) is 3.91. The van der Waals surface area contributed by atoms with E-state index in [0.29, 0.717) is 31.8 Å². The van der Waals surface area contributed by atoms with E-state index >= 15 is 0 Å². The first kappa shape index (κ1) is 18.0. The molecular formula is C20H25FN2O. The topological polar surface area (TPSA) is 41.1 Å². The molecule has 0 fully saturated rings. The summed E-state index contributed by atoms with van der Waals surface area (Å²) >= 11 is 0. The number of carbonyl (C=O) groups is 1. The standard InChI is InChI=1S/C20H25FN2O/c1-15(2)17-5-9-19(10-6-17)22-14-12-20(24)23-13-11-16-3-7-18(21)8-4-16/h3-10,15,22H,11-14H2,1-2H3,(H,23,24). The lowest BCUT2D eigenvalue weighted by Crippen LogP contribution is -2.27. The van der Waals surface area contributed by atoms with Gasteiger partial charge < -0.3 is 10.6 Å². The summed E-state index contributed by atoms with van der Waals surface area (Å²) in [7, 11) is 0. The van der Waals surface area contributed by atoms with Crippen molar-refractivity contribution in [1.82, 2.24) is 5.32 Å². The van der Waals surface area contributed by atoms with E-state index in [1.807, 2.05) is 12.1 Å². The molecule has 2 N–H and O–H groups in total. The van der Waals surface area contributed by atoms with Gasteiger partial charge in [0.2, 0.25) is 5.91 Å². The second-order valence-electron chi connectivity index (χ2n) is 6.18. The van der Waals surface area contributed by atoms with Crippen LogP contribution < -0.4 is 10.6 Å². The molecule has 0 heterocycles. The molecule has 0 atom stereocenters. The van der Waals surface area contributed by atoms with Gasteiger partial charge in [0, 0.05) is 25.2 Å². The van der Waals surface area contributed by atoms with Crippen LogP contribution in [0.1, 0.15) is 37.3 Å². The first-order chi connectivity index (χ1) is 11.5. The third-order valence-corrected chi connectivity index (χ3v) is 3.91. The first-order valence-corrected chi connectivity index (χ1v) is 8.39. The van der Waals surface area contributed by atoms with Gasteiger partial charge >= 0.3 is 0 Å². The summed E-state index contributed by atoms with van der Waals surface area (Å²) < 4.78 is 12.8. The molecule has 0 radical (unpaired) electrons. The minimum Gasteiger partial charge on any atom is -0.385 e. The summed E-state index contributed by atoms with van der Waals surface area (Å²) in [6, 6.07) is 14.7. The van der Waals surface area contributed by atoms with Crippen LogP contribution in [0.2, 0.25) is 0 Å². The van der Waals surface area contributed by atoms with Crippen molar-refractivity contribution in [1.29, 1.82) is 0 Å². The van der Waals surface area contributed by atoms with Gasteiger partial charge in [0.1, 0.15) is 5.82 Å². The van der Waals surface area contributed by atoms with Gasteiger partial charge in [-0.25, -0.2) is 4.39 Å². The van der Waals surface area contributed by atoms with E-state index in [1.54, 1.807) is 12.1 Å². The second kappa shape index (κ2) is 9.06. The maximum Gasteiger partial charge on any atom is 0.221 e. The van der Waals surface area contributed by atoms with Crippen LogP contribution in [-0.2, 0) is 11.2 Å². The number of hydrogen-bond donors (Lipinski definition) is 2. The van der Waals surface area contributed by atoms with Gasteiger partial charge in [-0.3, -0.25) is 4.79 Å². The molecule has 2 aromatic rings. The first-order valence-electron chi connectivity index (χ1n) is 8.39. The third kappa shape index (κ3) is 6.03. The number of anilines is 1.